The van der Waals surface area contributed by atoms with Crippen LogP contribution in [-0.4, -0.2) is 44.7 Å². The monoisotopic (exact) mass is 509 g/mol. The summed E-state index contributed by atoms with van der Waals surface area (Å²) >= 11 is 0. The second-order valence-electron chi connectivity index (χ2n) is 9.46. The fraction of sp³-hybridized carbons (Fsp3) is 0.731. The van der Waals surface area contributed by atoms with Crippen LogP contribution >= 0.6 is 0 Å². The first-order chi connectivity index (χ1) is 17.3. The minimum atomic E-state index is -0.932. The maximum absolute atomic E-state index is 12.4. The van der Waals surface area contributed by atoms with Crippen molar-refractivity contribution >= 4 is 17.3 Å². The van der Waals surface area contributed by atoms with Gasteiger partial charge in [0.05, 0.1) is 41.1 Å². The molecule has 10 nitrogen and oxygen atoms in total. The average Bonchev–Trinajstić information content (AvgIpc) is 2.85. The molecular formula is C26H43N3O7. The van der Waals surface area contributed by atoms with E-state index < -0.39 is 52.3 Å². The van der Waals surface area contributed by atoms with Crippen molar-refractivity contribution in [1.29, 1.82) is 0 Å². The molecule has 0 radical (unpaired) electrons. The highest BCUT2D eigenvalue weighted by Crippen LogP contribution is 2.25. The van der Waals surface area contributed by atoms with Crippen LogP contribution in [0.1, 0.15) is 102 Å². The number of hydrogen-bond donors (Lipinski definition) is 3. The van der Waals surface area contributed by atoms with Crippen LogP contribution in [0, 0.1) is 20.2 Å². The Labute approximate surface area is 213 Å². The third-order valence-corrected chi connectivity index (χ3v) is 6.44. The van der Waals surface area contributed by atoms with E-state index in [1.807, 2.05) is 0 Å². The smallest absolute Gasteiger partial charge is 0.279 e. The van der Waals surface area contributed by atoms with E-state index in [1.165, 1.54) is 70.3 Å². The van der Waals surface area contributed by atoms with Crippen molar-refractivity contribution in [3.8, 4) is 0 Å². The lowest BCUT2D eigenvalue weighted by atomic mass is 10.0. The highest BCUT2D eigenvalue weighted by molar-refractivity contribution is 5.80. The largest absolute Gasteiger partial charge is 0.394 e. The molecule has 1 aromatic rings. The van der Waals surface area contributed by atoms with Gasteiger partial charge in [-0.25, -0.2) is 0 Å². The van der Waals surface area contributed by atoms with Gasteiger partial charge in [-0.2, -0.15) is 0 Å². The highest BCUT2D eigenvalue weighted by atomic mass is 16.6. The number of rotatable bonds is 21. The van der Waals surface area contributed by atoms with E-state index in [4.69, 9.17) is 0 Å². The number of carbonyl (C=O) groups is 1. The number of nitro groups is 2. The number of amides is 1. The summed E-state index contributed by atoms with van der Waals surface area (Å²) in [6, 6.07) is 2.21. The number of aliphatic hydroxyl groups is 2. The molecule has 2 unspecified atom stereocenters. The van der Waals surface area contributed by atoms with E-state index >= 15 is 0 Å². The molecule has 0 bridgehead atoms. The van der Waals surface area contributed by atoms with Crippen LogP contribution in [0.3, 0.4) is 0 Å². The van der Waals surface area contributed by atoms with E-state index in [-0.39, 0.29) is 5.56 Å². The molecule has 0 aliphatic rings. The predicted octanol–water partition coefficient (Wildman–Crippen LogP) is 5.36. The molecule has 3 N–H and O–H groups in total. The van der Waals surface area contributed by atoms with Crippen molar-refractivity contribution in [1.82, 2.24) is 5.32 Å². The quantitative estimate of drug-likeness (QED) is 0.114. The fourth-order valence-corrected chi connectivity index (χ4v) is 4.25. The molecule has 1 aromatic carbocycles. The van der Waals surface area contributed by atoms with E-state index in [0.717, 1.165) is 31.4 Å². The Kier molecular flexibility index (Phi) is 16.3. The maximum atomic E-state index is 12.4. The normalized spacial score (nSPS) is 12.8. The summed E-state index contributed by atoms with van der Waals surface area (Å²) in [5.41, 5.74) is -0.939. The lowest BCUT2D eigenvalue weighted by Crippen LogP contribution is -2.46. The molecule has 204 valence electrons. The lowest BCUT2D eigenvalue weighted by molar-refractivity contribution is -0.394. The molecule has 0 saturated heterocycles. The van der Waals surface area contributed by atoms with Gasteiger partial charge in [0.25, 0.3) is 11.4 Å². The summed E-state index contributed by atoms with van der Waals surface area (Å²) < 4.78 is 0. The number of nitrogens with zero attached hydrogens (tertiary/aromatic N) is 2. The van der Waals surface area contributed by atoms with Gasteiger partial charge < -0.3 is 15.5 Å². The van der Waals surface area contributed by atoms with Crippen LogP contribution in [0.25, 0.3) is 0 Å². The predicted molar refractivity (Wildman–Crippen MR) is 139 cm³/mol. The van der Waals surface area contributed by atoms with E-state index in [0.29, 0.717) is 6.42 Å². The molecule has 0 fully saturated rings. The summed E-state index contributed by atoms with van der Waals surface area (Å²) in [4.78, 5) is 32.9. The minimum absolute atomic E-state index is 0.0192. The molecule has 36 heavy (non-hydrogen) atoms. The number of aliphatic hydroxyl groups excluding tert-OH is 2. The van der Waals surface area contributed by atoms with E-state index in [1.54, 1.807) is 0 Å². The van der Waals surface area contributed by atoms with Crippen LogP contribution in [0.2, 0.25) is 0 Å². The van der Waals surface area contributed by atoms with Crippen molar-refractivity contribution < 1.29 is 24.9 Å². The van der Waals surface area contributed by atoms with Gasteiger partial charge in [-0.15, -0.1) is 0 Å². The number of non-ortho nitro benzene ring substituents is 1. The average molecular weight is 510 g/mol. The van der Waals surface area contributed by atoms with Gasteiger partial charge in [-0.3, -0.25) is 25.0 Å². The molecule has 0 aliphatic heterocycles. The summed E-state index contributed by atoms with van der Waals surface area (Å²) in [6.07, 6.45) is 14.9. The van der Waals surface area contributed by atoms with Crippen LogP contribution < -0.4 is 5.32 Å². The second kappa shape index (κ2) is 18.6. The van der Waals surface area contributed by atoms with Gasteiger partial charge in [0.2, 0.25) is 5.91 Å². The van der Waals surface area contributed by atoms with Gasteiger partial charge in [0.15, 0.2) is 0 Å². The molecule has 0 aromatic heterocycles. The Hall–Kier alpha value is -2.59. The van der Waals surface area contributed by atoms with Gasteiger partial charge in [-0.1, -0.05) is 90.4 Å². The number of nitrogens with one attached hydrogen (secondary N) is 1. The Morgan fingerprint density at radius 2 is 1.42 bits per heavy atom. The Balaban J connectivity index is 2.29. The second-order valence-corrected chi connectivity index (χ2v) is 9.46. The first-order valence-electron chi connectivity index (χ1n) is 13.3. The minimum Gasteiger partial charge on any atom is -0.394 e. The van der Waals surface area contributed by atoms with Crippen LogP contribution in [0.4, 0.5) is 11.4 Å². The van der Waals surface area contributed by atoms with E-state index in [2.05, 4.69) is 12.2 Å². The zero-order valence-electron chi connectivity index (χ0n) is 21.5. The molecule has 1 amide bonds. The summed E-state index contributed by atoms with van der Waals surface area (Å²) in [6.45, 7) is 1.77. The zero-order valence-corrected chi connectivity index (χ0v) is 21.5. The van der Waals surface area contributed by atoms with Crippen molar-refractivity contribution in [3.05, 3.63) is 44.0 Å². The third-order valence-electron chi connectivity index (χ3n) is 6.44. The van der Waals surface area contributed by atoms with Crippen LogP contribution in [0.15, 0.2) is 18.2 Å². The van der Waals surface area contributed by atoms with Crippen LogP contribution in [0.5, 0.6) is 0 Å². The molecule has 0 spiro atoms. The van der Waals surface area contributed by atoms with Gasteiger partial charge >= 0.3 is 0 Å². The first-order valence-corrected chi connectivity index (χ1v) is 13.3. The SMILES string of the molecule is CCCCCCCCCCCCCCCC(O)C(CO)NC(=O)Cc1ccc([N+](=O)[O-])cc1[N+](=O)[O-]. The summed E-state index contributed by atoms with van der Waals surface area (Å²) in [5, 5.41) is 44.6. The number of unbranched alkanes of at least 4 members (excludes halogenated alkanes) is 12. The standard InChI is InChI=1S/C26H43N3O7/c1-2-3-4-5-6-7-8-9-10-11-12-13-14-15-25(31)23(20-30)27-26(32)18-21-16-17-22(28(33)34)19-24(21)29(35)36/h16-17,19,23,25,30-31H,2-15,18,20H2,1H3,(H,27,32). The van der Waals surface area contributed by atoms with Gasteiger partial charge in [0, 0.05) is 11.6 Å². The summed E-state index contributed by atoms with van der Waals surface area (Å²) in [5.74, 6) is -0.615. The topological polar surface area (TPSA) is 156 Å². The van der Waals surface area contributed by atoms with Crippen molar-refractivity contribution in [2.24, 2.45) is 0 Å². The van der Waals surface area contributed by atoms with Crippen LogP contribution in [-0.2, 0) is 11.2 Å². The van der Waals surface area contributed by atoms with Crippen molar-refractivity contribution in [2.75, 3.05) is 6.61 Å². The number of carbonyl (C=O) groups excluding carboxylic acids is 1. The molecule has 10 heteroatoms. The van der Waals surface area contributed by atoms with E-state index in [9.17, 15) is 35.2 Å². The number of hydrogen-bond acceptors (Lipinski definition) is 7. The highest BCUT2D eigenvalue weighted by Gasteiger charge is 2.24. The van der Waals surface area contributed by atoms with Gasteiger partial charge in [-0.05, 0) is 12.5 Å². The number of benzene rings is 1. The third kappa shape index (κ3) is 12.9. The summed E-state index contributed by atoms with van der Waals surface area (Å²) in [7, 11) is 0. The Morgan fingerprint density at radius 1 is 0.889 bits per heavy atom. The lowest BCUT2D eigenvalue weighted by Gasteiger charge is -2.22. The Bertz CT molecular complexity index is 804. The molecule has 0 heterocycles. The van der Waals surface area contributed by atoms with Crippen molar-refractivity contribution in [2.45, 2.75) is 115 Å². The maximum Gasteiger partial charge on any atom is 0.279 e. The Morgan fingerprint density at radius 3 is 1.89 bits per heavy atom. The molecule has 2 atom stereocenters. The molecule has 0 aliphatic carbocycles. The zero-order chi connectivity index (χ0) is 26.8. The number of nitro benzene ring substituents is 2. The van der Waals surface area contributed by atoms with Crippen molar-refractivity contribution in [3.63, 3.8) is 0 Å². The first kappa shape index (κ1) is 31.4. The van der Waals surface area contributed by atoms with Gasteiger partial charge in [0.1, 0.15) is 0 Å². The molecular weight excluding hydrogens is 466 g/mol. The molecule has 0 saturated carbocycles. The fourth-order valence-electron chi connectivity index (χ4n) is 4.25. The molecule has 1 rings (SSSR count).